The summed E-state index contributed by atoms with van der Waals surface area (Å²) in [5, 5.41) is 13.2. The summed E-state index contributed by atoms with van der Waals surface area (Å²) in [5.41, 5.74) is 4.39. The molecule has 1 amide bonds. The molecule has 7 heteroatoms. The number of carbonyl (C=O) groups is 2. The fourth-order valence-corrected chi connectivity index (χ4v) is 2.66. The number of carbonyl (C=O) groups excluding carboxylic acids is 1. The smallest absolute Gasteiger partial charge is 0.337 e. The number of rotatable bonds is 5. The Morgan fingerprint density at radius 2 is 1.89 bits per heavy atom. The van der Waals surface area contributed by atoms with E-state index in [-0.39, 0.29) is 16.5 Å². The average Bonchev–Trinajstić information content (AvgIpc) is 3.11. The molecule has 0 spiro atoms. The highest BCUT2D eigenvalue weighted by molar-refractivity contribution is 6.33. The number of carboxylic acids is 1. The third kappa shape index (κ3) is 4.24. The van der Waals surface area contributed by atoms with E-state index in [0.717, 1.165) is 5.56 Å². The third-order valence-corrected chi connectivity index (χ3v) is 4.19. The Morgan fingerprint density at radius 1 is 1.11 bits per heavy atom. The molecule has 0 saturated carbocycles. The molecule has 0 aliphatic carbocycles. The first-order chi connectivity index (χ1) is 13.0. The Hall–Kier alpha value is -3.38. The molecule has 0 aliphatic rings. The van der Waals surface area contributed by atoms with E-state index in [1.165, 1.54) is 18.3 Å². The predicted molar refractivity (Wildman–Crippen MR) is 102 cm³/mol. The Kier molecular flexibility index (Phi) is 5.38. The van der Waals surface area contributed by atoms with Gasteiger partial charge in [0.1, 0.15) is 11.5 Å². The number of hydrogen-bond acceptors (Lipinski definition) is 4. The van der Waals surface area contributed by atoms with Gasteiger partial charge in [0.05, 0.1) is 16.8 Å². The Labute approximate surface area is 160 Å². The fraction of sp³-hybridized carbons (Fsp3) is 0.0500. The van der Waals surface area contributed by atoms with Gasteiger partial charge in [0.2, 0.25) is 0 Å². The van der Waals surface area contributed by atoms with Crippen molar-refractivity contribution in [2.45, 2.75) is 6.92 Å². The van der Waals surface area contributed by atoms with Crippen molar-refractivity contribution in [2.75, 3.05) is 0 Å². The highest BCUT2D eigenvalue weighted by Gasteiger charge is 2.12. The number of nitrogens with one attached hydrogen (secondary N) is 1. The van der Waals surface area contributed by atoms with Gasteiger partial charge in [-0.15, -0.1) is 0 Å². The average molecular weight is 383 g/mol. The van der Waals surface area contributed by atoms with Crippen LogP contribution in [0.2, 0.25) is 5.02 Å². The van der Waals surface area contributed by atoms with Crippen LogP contribution in [0.15, 0.2) is 64.1 Å². The van der Waals surface area contributed by atoms with E-state index >= 15 is 0 Å². The fourth-order valence-electron chi connectivity index (χ4n) is 2.46. The maximum atomic E-state index is 12.1. The molecule has 0 aliphatic heterocycles. The van der Waals surface area contributed by atoms with Crippen LogP contribution in [0, 0.1) is 6.92 Å². The van der Waals surface area contributed by atoms with Crippen LogP contribution in [-0.2, 0) is 0 Å². The molecule has 0 radical (unpaired) electrons. The van der Waals surface area contributed by atoms with Crippen molar-refractivity contribution in [1.82, 2.24) is 5.43 Å². The van der Waals surface area contributed by atoms with E-state index in [0.29, 0.717) is 22.6 Å². The van der Waals surface area contributed by atoms with Crippen molar-refractivity contribution >= 4 is 29.7 Å². The van der Waals surface area contributed by atoms with E-state index < -0.39 is 5.97 Å². The second-order valence-electron chi connectivity index (χ2n) is 5.72. The van der Waals surface area contributed by atoms with E-state index in [4.69, 9.17) is 21.1 Å². The van der Waals surface area contributed by atoms with Crippen LogP contribution < -0.4 is 5.43 Å². The first-order valence-corrected chi connectivity index (χ1v) is 8.35. The lowest BCUT2D eigenvalue weighted by molar-refractivity contribution is 0.0697. The van der Waals surface area contributed by atoms with E-state index in [1.807, 2.05) is 19.1 Å². The van der Waals surface area contributed by atoms with Crippen LogP contribution in [0.3, 0.4) is 0 Å². The molecule has 2 aromatic carbocycles. The van der Waals surface area contributed by atoms with Gasteiger partial charge in [0.25, 0.3) is 5.91 Å². The maximum Gasteiger partial charge on any atom is 0.337 e. The van der Waals surface area contributed by atoms with Gasteiger partial charge >= 0.3 is 5.97 Å². The Balaban J connectivity index is 1.72. The number of benzene rings is 2. The number of aryl methyl sites for hydroxylation is 1. The summed E-state index contributed by atoms with van der Waals surface area (Å²) in [4.78, 5) is 23.3. The topological polar surface area (TPSA) is 91.9 Å². The number of hydrogen-bond donors (Lipinski definition) is 2. The number of hydrazone groups is 1. The van der Waals surface area contributed by atoms with Gasteiger partial charge in [-0.2, -0.15) is 5.10 Å². The van der Waals surface area contributed by atoms with Crippen LogP contribution in [0.25, 0.3) is 11.3 Å². The molecule has 1 aromatic heterocycles. The second-order valence-corrected chi connectivity index (χ2v) is 6.12. The molecule has 3 aromatic rings. The van der Waals surface area contributed by atoms with Gasteiger partial charge < -0.3 is 9.52 Å². The molecule has 0 bridgehead atoms. The van der Waals surface area contributed by atoms with Gasteiger partial charge in [-0.25, -0.2) is 10.2 Å². The van der Waals surface area contributed by atoms with Crippen LogP contribution in [0.4, 0.5) is 0 Å². The molecular formula is C20H15ClN2O4. The minimum atomic E-state index is -1.12. The lowest BCUT2D eigenvalue weighted by Crippen LogP contribution is -2.18. The SMILES string of the molecule is Cc1ccccc1C(=O)N/N=C/c1ccc(-c2ccc(Cl)c(C(=O)O)c2)o1. The van der Waals surface area contributed by atoms with Gasteiger partial charge in [-0.1, -0.05) is 29.8 Å². The summed E-state index contributed by atoms with van der Waals surface area (Å²) in [6.45, 7) is 1.84. The van der Waals surface area contributed by atoms with Crippen molar-refractivity contribution in [2.24, 2.45) is 5.10 Å². The third-order valence-electron chi connectivity index (χ3n) is 3.86. The van der Waals surface area contributed by atoms with Gasteiger partial charge in [0, 0.05) is 11.1 Å². The lowest BCUT2D eigenvalue weighted by atomic mass is 10.1. The summed E-state index contributed by atoms with van der Waals surface area (Å²) in [6, 6.07) is 15.1. The molecule has 2 N–H and O–H groups in total. The first-order valence-electron chi connectivity index (χ1n) is 7.98. The maximum absolute atomic E-state index is 12.1. The molecule has 136 valence electrons. The Morgan fingerprint density at radius 3 is 2.63 bits per heavy atom. The number of amides is 1. The van der Waals surface area contributed by atoms with E-state index in [1.54, 1.807) is 30.3 Å². The second kappa shape index (κ2) is 7.88. The lowest BCUT2D eigenvalue weighted by Gasteiger charge is -2.02. The van der Waals surface area contributed by atoms with E-state index in [2.05, 4.69) is 10.5 Å². The minimum absolute atomic E-state index is 0.00808. The highest BCUT2D eigenvalue weighted by Crippen LogP contribution is 2.26. The van der Waals surface area contributed by atoms with E-state index in [9.17, 15) is 9.59 Å². The molecule has 0 saturated heterocycles. The van der Waals surface area contributed by atoms with Crippen LogP contribution in [-0.4, -0.2) is 23.2 Å². The Bertz CT molecular complexity index is 1040. The monoisotopic (exact) mass is 382 g/mol. The van der Waals surface area contributed by atoms with Crippen LogP contribution in [0.5, 0.6) is 0 Å². The van der Waals surface area contributed by atoms with Crippen molar-refractivity contribution in [3.63, 3.8) is 0 Å². The molecule has 6 nitrogen and oxygen atoms in total. The van der Waals surface area contributed by atoms with Crippen molar-refractivity contribution < 1.29 is 19.1 Å². The highest BCUT2D eigenvalue weighted by atomic mass is 35.5. The molecule has 1 heterocycles. The van der Waals surface area contributed by atoms with Crippen LogP contribution in [0.1, 0.15) is 32.0 Å². The molecule has 27 heavy (non-hydrogen) atoms. The number of aromatic carboxylic acids is 1. The first kappa shape index (κ1) is 18.4. The zero-order chi connectivity index (χ0) is 19.4. The van der Waals surface area contributed by atoms with Gasteiger partial charge in [-0.05, 0) is 48.9 Å². The summed E-state index contributed by atoms with van der Waals surface area (Å²) in [6.07, 6.45) is 1.37. The number of carboxylic acid groups (broad SMARTS) is 1. The quantitative estimate of drug-likeness (QED) is 0.506. The van der Waals surface area contributed by atoms with Crippen molar-refractivity contribution in [3.8, 4) is 11.3 Å². The zero-order valence-electron chi connectivity index (χ0n) is 14.3. The van der Waals surface area contributed by atoms with Crippen molar-refractivity contribution in [1.29, 1.82) is 0 Å². The zero-order valence-corrected chi connectivity index (χ0v) is 15.0. The molecule has 0 atom stereocenters. The van der Waals surface area contributed by atoms with Crippen molar-refractivity contribution in [3.05, 3.63) is 82.1 Å². The summed E-state index contributed by atoms with van der Waals surface area (Å²) in [5.74, 6) is -0.572. The molecule has 3 rings (SSSR count). The number of furan rings is 1. The predicted octanol–water partition coefficient (Wildman–Crippen LogP) is 4.37. The summed E-state index contributed by atoms with van der Waals surface area (Å²) < 4.78 is 5.62. The largest absolute Gasteiger partial charge is 0.478 e. The normalized spacial score (nSPS) is 10.9. The standard InChI is InChI=1S/C20H15ClN2O4/c1-12-4-2-3-5-15(12)19(24)23-22-11-14-7-9-18(27-14)13-6-8-17(21)16(10-13)20(25)26/h2-11H,1H3,(H,23,24)(H,25,26)/b22-11+. The number of nitrogens with zero attached hydrogens (tertiary/aromatic N) is 1. The summed E-state index contributed by atoms with van der Waals surface area (Å²) >= 11 is 5.87. The molecular weight excluding hydrogens is 368 g/mol. The van der Waals surface area contributed by atoms with Gasteiger partial charge in [0.15, 0.2) is 0 Å². The minimum Gasteiger partial charge on any atom is -0.478 e. The molecule has 0 fully saturated rings. The molecule has 0 unspecified atom stereocenters. The van der Waals surface area contributed by atoms with Crippen LogP contribution >= 0.6 is 11.6 Å². The van der Waals surface area contributed by atoms with Gasteiger partial charge in [-0.3, -0.25) is 4.79 Å². The summed E-state index contributed by atoms with van der Waals surface area (Å²) in [7, 11) is 0. The number of halogens is 1.